The zero-order chi connectivity index (χ0) is 24.4. The number of amides is 2. The largest absolute Gasteiger partial charge is 0.480 e. The zero-order valence-electron chi connectivity index (χ0n) is 19.8. The van der Waals surface area contributed by atoms with Gasteiger partial charge in [0, 0.05) is 18.5 Å². The Labute approximate surface area is 204 Å². The fourth-order valence-electron chi connectivity index (χ4n) is 6.85. The van der Waals surface area contributed by atoms with Crippen molar-refractivity contribution < 1.29 is 24.2 Å². The van der Waals surface area contributed by atoms with E-state index >= 15 is 0 Å². The predicted octanol–water partition coefficient (Wildman–Crippen LogP) is 4.16. The number of likely N-dealkylation sites (tertiary alicyclic amines) is 1. The second-order valence-electron chi connectivity index (χ2n) is 10.8. The van der Waals surface area contributed by atoms with Crippen molar-refractivity contribution in [3.63, 3.8) is 0 Å². The quantitative estimate of drug-likeness (QED) is 0.679. The van der Waals surface area contributed by atoms with Gasteiger partial charge in [0.1, 0.15) is 12.1 Å². The highest BCUT2D eigenvalue weighted by Crippen LogP contribution is 2.65. The number of aliphatic carboxylic acids is 1. The van der Waals surface area contributed by atoms with Crippen molar-refractivity contribution in [1.82, 2.24) is 10.2 Å². The molecule has 2 aromatic rings. The highest BCUT2D eigenvalue weighted by Gasteiger charge is 2.67. The summed E-state index contributed by atoms with van der Waals surface area (Å²) < 4.78 is 5.69. The van der Waals surface area contributed by atoms with Crippen LogP contribution in [0.4, 0.5) is 4.79 Å². The number of alkyl carbamates (subject to hydrolysis) is 1. The molecule has 0 spiro atoms. The summed E-state index contributed by atoms with van der Waals surface area (Å²) in [5, 5.41) is 12.7. The minimum absolute atomic E-state index is 0.00177. The molecule has 0 unspecified atom stereocenters. The van der Waals surface area contributed by atoms with Crippen molar-refractivity contribution in [3.8, 4) is 11.1 Å². The number of benzene rings is 2. The van der Waals surface area contributed by atoms with Crippen LogP contribution in [0.3, 0.4) is 0 Å². The topological polar surface area (TPSA) is 95.9 Å². The summed E-state index contributed by atoms with van der Waals surface area (Å²) in [6.45, 7) is 2.39. The van der Waals surface area contributed by atoms with Gasteiger partial charge in [-0.1, -0.05) is 48.5 Å². The second kappa shape index (κ2) is 7.83. The lowest BCUT2D eigenvalue weighted by molar-refractivity contribution is -0.157. The van der Waals surface area contributed by atoms with Crippen LogP contribution in [0, 0.1) is 11.3 Å². The molecule has 7 nitrogen and oxygen atoms in total. The normalized spacial score (nSPS) is 30.4. The number of carbonyl (C=O) groups excluding carboxylic acids is 2. The van der Waals surface area contributed by atoms with Crippen LogP contribution >= 0.6 is 0 Å². The highest BCUT2D eigenvalue weighted by atomic mass is 16.5. The van der Waals surface area contributed by atoms with E-state index in [0.29, 0.717) is 25.8 Å². The molecule has 4 aliphatic rings. The van der Waals surface area contributed by atoms with Gasteiger partial charge in [-0.2, -0.15) is 0 Å². The maximum absolute atomic E-state index is 13.4. The van der Waals surface area contributed by atoms with Gasteiger partial charge in [0.2, 0.25) is 5.91 Å². The number of rotatable bonds is 5. The van der Waals surface area contributed by atoms with Gasteiger partial charge in [-0.05, 0) is 67.2 Å². The lowest BCUT2D eigenvalue weighted by Crippen LogP contribution is -2.53. The Hall–Kier alpha value is -3.35. The van der Waals surface area contributed by atoms with Crippen LogP contribution in [-0.2, 0) is 14.3 Å². The van der Waals surface area contributed by atoms with Gasteiger partial charge in [0.05, 0.1) is 5.41 Å². The van der Waals surface area contributed by atoms with Crippen molar-refractivity contribution in [2.45, 2.75) is 56.5 Å². The molecule has 4 atom stereocenters. The third-order valence-corrected chi connectivity index (χ3v) is 8.85. The average molecular weight is 475 g/mol. The molecule has 7 heteroatoms. The van der Waals surface area contributed by atoms with Gasteiger partial charge in [-0.3, -0.25) is 4.79 Å². The highest BCUT2D eigenvalue weighted by molar-refractivity contribution is 5.93. The van der Waals surface area contributed by atoms with E-state index in [1.807, 2.05) is 24.3 Å². The maximum Gasteiger partial charge on any atom is 0.407 e. The Morgan fingerprint density at radius 3 is 2.37 bits per heavy atom. The number of carbonyl (C=O) groups is 3. The number of carboxylic acid groups (broad SMARTS) is 1. The van der Waals surface area contributed by atoms with Gasteiger partial charge in [0.25, 0.3) is 0 Å². The monoisotopic (exact) mass is 474 g/mol. The van der Waals surface area contributed by atoms with Crippen LogP contribution in [0.2, 0.25) is 0 Å². The number of hydrogen-bond donors (Lipinski definition) is 2. The third kappa shape index (κ3) is 3.35. The zero-order valence-corrected chi connectivity index (χ0v) is 19.8. The second-order valence-corrected chi connectivity index (χ2v) is 10.8. The number of nitrogens with zero attached hydrogens (tertiary/aromatic N) is 1. The molecule has 2 N–H and O–H groups in total. The van der Waals surface area contributed by atoms with E-state index in [-0.39, 0.29) is 30.4 Å². The number of fused-ring (bicyclic) bond motifs is 4. The summed E-state index contributed by atoms with van der Waals surface area (Å²) in [5.74, 6) is -0.792. The molecule has 182 valence electrons. The van der Waals surface area contributed by atoms with E-state index in [1.54, 1.807) is 11.8 Å². The number of hydrogen-bond acceptors (Lipinski definition) is 4. The number of ether oxygens (including phenoxy) is 1. The first kappa shape index (κ1) is 22.1. The summed E-state index contributed by atoms with van der Waals surface area (Å²) >= 11 is 0. The molecule has 2 aromatic carbocycles. The molecule has 1 aliphatic heterocycles. The molecule has 2 saturated carbocycles. The lowest BCUT2D eigenvalue weighted by atomic mass is 9.94. The van der Waals surface area contributed by atoms with E-state index in [1.165, 1.54) is 22.3 Å². The summed E-state index contributed by atoms with van der Waals surface area (Å²) in [6.07, 6.45) is 2.78. The Bertz CT molecular complexity index is 1180. The molecule has 0 radical (unpaired) electrons. The molecule has 3 aliphatic carbocycles. The lowest BCUT2D eigenvalue weighted by Gasteiger charge is -2.34. The van der Waals surface area contributed by atoms with Gasteiger partial charge in [-0.15, -0.1) is 0 Å². The Balaban J connectivity index is 1.08. The SMILES string of the molecule is C[C@]1(C(=O)O)CCCN1C(=O)[C@@]12C[C@@H](NC(=O)OCC3c4ccccc4-c4ccccc43)C[C@@H]1C2. The summed E-state index contributed by atoms with van der Waals surface area (Å²) in [6, 6.07) is 16.3. The predicted molar refractivity (Wildman–Crippen MR) is 129 cm³/mol. The van der Waals surface area contributed by atoms with Crippen LogP contribution in [0.15, 0.2) is 48.5 Å². The first-order valence-electron chi connectivity index (χ1n) is 12.5. The standard InChI is InChI=1S/C28H30N2O5/c1-27(25(32)33)11-6-12-30(27)24(31)28-14-17(28)13-18(15-28)29-26(34)35-16-23-21-9-4-2-7-19(21)20-8-3-5-10-22(20)23/h2-5,7-10,17-18,23H,6,11-16H2,1H3,(H,29,34)(H,32,33)/t17-,18+,27-,28+/m1/s1. The van der Waals surface area contributed by atoms with E-state index in [4.69, 9.17) is 4.74 Å². The Morgan fingerprint density at radius 2 is 1.71 bits per heavy atom. The van der Waals surface area contributed by atoms with Crippen molar-refractivity contribution in [1.29, 1.82) is 0 Å². The number of nitrogens with one attached hydrogen (secondary N) is 1. The first-order chi connectivity index (χ1) is 16.8. The van der Waals surface area contributed by atoms with Crippen molar-refractivity contribution in [2.24, 2.45) is 11.3 Å². The third-order valence-electron chi connectivity index (χ3n) is 8.85. The fourth-order valence-corrected chi connectivity index (χ4v) is 6.85. The van der Waals surface area contributed by atoms with Crippen molar-refractivity contribution in [3.05, 3.63) is 59.7 Å². The van der Waals surface area contributed by atoms with Gasteiger partial charge < -0.3 is 20.1 Å². The molecule has 2 amide bonds. The van der Waals surface area contributed by atoms with Gasteiger partial charge >= 0.3 is 12.1 Å². The Morgan fingerprint density at radius 1 is 1.06 bits per heavy atom. The summed E-state index contributed by atoms with van der Waals surface area (Å²) in [5.41, 5.74) is 3.05. The smallest absolute Gasteiger partial charge is 0.407 e. The van der Waals surface area contributed by atoms with E-state index < -0.39 is 23.0 Å². The van der Waals surface area contributed by atoms with E-state index in [2.05, 4.69) is 29.6 Å². The molecule has 6 rings (SSSR count). The van der Waals surface area contributed by atoms with Crippen molar-refractivity contribution in [2.75, 3.05) is 13.2 Å². The van der Waals surface area contributed by atoms with Crippen LogP contribution in [-0.4, -0.2) is 52.7 Å². The van der Waals surface area contributed by atoms with Crippen molar-refractivity contribution >= 4 is 18.0 Å². The number of carboxylic acids is 1. The van der Waals surface area contributed by atoms with Gasteiger partial charge in [0.15, 0.2) is 0 Å². The van der Waals surface area contributed by atoms with Crippen LogP contribution in [0.25, 0.3) is 11.1 Å². The fraction of sp³-hybridized carbons (Fsp3) is 0.464. The molecular weight excluding hydrogens is 444 g/mol. The minimum atomic E-state index is -1.13. The van der Waals surface area contributed by atoms with E-state index in [0.717, 1.165) is 12.8 Å². The summed E-state index contributed by atoms with van der Waals surface area (Å²) in [4.78, 5) is 39.6. The molecular formula is C28H30N2O5. The summed E-state index contributed by atoms with van der Waals surface area (Å²) in [7, 11) is 0. The molecule has 3 fully saturated rings. The molecule has 0 bridgehead atoms. The molecule has 1 heterocycles. The molecule has 35 heavy (non-hydrogen) atoms. The van der Waals surface area contributed by atoms with Crippen LogP contribution in [0.1, 0.15) is 56.1 Å². The van der Waals surface area contributed by atoms with Crippen LogP contribution in [0.5, 0.6) is 0 Å². The first-order valence-corrected chi connectivity index (χ1v) is 12.5. The van der Waals surface area contributed by atoms with E-state index in [9.17, 15) is 19.5 Å². The van der Waals surface area contributed by atoms with Crippen LogP contribution < -0.4 is 5.32 Å². The van der Waals surface area contributed by atoms with Gasteiger partial charge in [-0.25, -0.2) is 9.59 Å². The molecule has 1 saturated heterocycles. The average Bonchev–Trinajstić information content (AvgIpc) is 3.13. The maximum atomic E-state index is 13.4. The molecule has 0 aromatic heterocycles. The Kier molecular flexibility index (Phi) is 4.95. The minimum Gasteiger partial charge on any atom is -0.480 e.